The largest absolute Gasteiger partial charge is 0.357 e. The normalized spacial score (nSPS) is 23.0. The topological polar surface area (TPSA) is 65.5 Å². The van der Waals surface area contributed by atoms with Crippen molar-refractivity contribution in [1.82, 2.24) is 16.0 Å². The molecule has 27 heavy (non-hydrogen) atoms. The standard InChI is InChI=1S/C22H34N4O/c1-3-24-22(26-20-15-19(20)17-9-5-4-6-10-17)25-13-12-16-8-7-11-18(14-16)21(27)23-2/h7-8,11,14,17,19-20H,3-6,9-10,12-13,15H2,1-2H3,(H,23,27)(H2,24,25,26). The first kappa shape index (κ1) is 19.7. The second-order valence-corrected chi connectivity index (χ2v) is 7.84. The molecule has 2 atom stereocenters. The second-order valence-electron chi connectivity index (χ2n) is 7.84. The fourth-order valence-electron chi connectivity index (χ4n) is 4.27. The highest BCUT2D eigenvalue weighted by atomic mass is 16.1. The zero-order chi connectivity index (χ0) is 19.1. The van der Waals surface area contributed by atoms with Crippen LogP contribution in [0.1, 0.15) is 61.4 Å². The van der Waals surface area contributed by atoms with Crippen LogP contribution in [0.2, 0.25) is 0 Å². The number of amides is 1. The first-order valence-corrected chi connectivity index (χ1v) is 10.6. The highest BCUT2D eigenvalue weighted by Gasteiger charge is 2.43. The monoisotopic (exact) mass is 370 g/mol. The number of nitrogens with zero attached hydrogens (tertiary/aromatic N) is 1. The Morgan fingerprint density at radius 3 is 2.78 bits per heavy atom. The third kappa shape index (κ3) is 5.72. The van der Waals surface area contributed by atoms with Gasteiger partial charge in [0.15, 0.2) is 5.96 Å². The summed E-state index contributed by atoms with van der Waals surface area (Å²) in [6, 6.07) is 8.39. The van der Waals surface area contributed by atoms with Gasteiger partial charge in [0, 0.05) is 31.7 Å². The van der Waals surface area contributed by atoms with E-state index in [1.165, 1.54) is 38.5 Å². The average molecular weight is 371 g/mol. The van der Waals surface area contributed by atoms with Crippen LogP contribution in [0, 0.1) is 11.8 Å². The van der Waals surface area contributed by atoms with Crippen molar-refractivity contribution in [3.8, 4) is 0 Å². The second kappa shape index (κ2) is 9.77. The molecule has 2 fully saturated rings. The van der Waals surface area contributed by atoms with Gasteiger partial charge < -0.3 is 16.0 Å². The van der Waals surface area contributed by atoms with Gasteiger partial charge in [0.2, 0.25) is 0 Å². The maximum absolute atomic E-state index is 11.8. The van der Waals surface area contributed by atoms with E-state index in [0.29, 0.717) is 18.2 Å². The molecule has 0 heterocycles. The minimum absolute atomic E-state index is 0.0437. The van der Waals surface area contributed by atoms with E-state index in [-0.39, 0.29) is 5.91 Å². The van der Waals surface area contributed by atoms with E-state index in [4.69, 9.17) is 4.99 Å². The minimum Gasteiger partial charge on any atom is -0.357 e. The Balaban J connectivity index is 1.50. The molecule has 2 saturated carbocycles. The van der Waals surface area contributed by atoms with Crippen LogP contribution in [0.5, 0.6) is 0 Å². The summed E-state index contributed by atoms with van der Waals surface area (Å²) in [4.78, 5) is 16.5. The summed E-state index contributed by atoms with van der Waals surface area (Å²) in [6.07, 6.45) is 9.21. The fraction of sp³-hybridized carbons (Fsp3) is 0.636. The van der Waals surface area contributed by atoms with Crippen molar-refractivity contribution in [2.24, 2.45) is 16.8 Å². The molecular formula is C22H34N4O. The molecule has 0 bridgehead atoms. The predicted molar refractivity (Wildman–Crippen MR) is 111 cm³/mol. The van der Waals surface area contributed by atoms with Gasteiger partial charge in [-0.1, -0.05) is 44.2 Å². The van der Waals surface area contributed by atoms with Gasteiger partial charge in [-0.05, 0) is 49.3 Å². The molecule has 2 aliphatic rings. The zero-order valence-electron chi connectivity index (χ0n) is 16.8. The smallest absolute Gasteiger partial charge is 0.251 e. The highest BCUT2D eigenvalue weighted by Crippen LogP contribution is 2.44. The van der Waals surface area contributed by atoms with Crippen molar-refractivity contribution in [2.75, 3.05) is 20.1 Å². The Kier molecular flexibility index (Phi) is 7.13. The van der Waals surface area contributed by atoms with Crippen LogP contribution in [0.3, 0.4) is 0 Å². The van der Waals surface area contributed by atoms with E-state index < -0.39 is 0 Å². The molecule has 0 aliphatic heterocycles. The van der Waals surface area contributed by atoms with Gasteiger partial charge >= 0.3 is 0 Å². The Morgan fingerprint density at radius 1 is 1.22 bits per heavy atom. The number of hydrogen-bond donors (Lipinski definition) is 3. The zero-order valence-corrected chi connectivity index (χ0v) is 16.8. The number of guanidine groups is 1. The molecule has 1 amide bonds. The van der Waals surface area contributed by atoms with E-state index in [0.717, 1.165) is 36.3 Å². The molecule has 3 rings (SSSR count). The number of carbonyl (C=O) groups is 1. The summed E-state index contributed by atoms with van der Waals surface area (Å²) >= 11 is 0. The van der Waals surface area contributed by atoms with E-state index in [1.807, 2.05) is 18.2 Å². The molecule has 3 N–H and O–H groups in total. The number of carbonyl (C=O) groups excluding carboxylic acids is 1. The SMILES string of the molecule is CCNC(=NCCc1cccc(C(=O)NC)c1)NC1CC1C1CCCCC1. The quantitative estimate of drug-likeness (QED) is 0.510. The van der Waals surface area contributed by atoms with E-state index in [9.17, 15) is 4.79 Å². The molecule has 2 unspecified atom stereocenters. The van der Waals surface area contributed by atoms with E-state index >= 15 is 0 Å². The summed E-state index contributed by atoms with van der Waals surface area (Å²) in [5.74, 6) is 2.66. The van der Waals surface area contributed by atoms with Crippen molar-refractivity contribution in [2.45, 2.75) is 57.9 Å². The molecule has 1 aromatic rings. The maximum atomic E-state index is 11.8. The number of nitrogens with one attached hydrogen (secondary N) is 3. The van der Waals surface area contributed by atoms with Gasteiger partial charge in [-0.15, -0.1) is 0 Å². The number of hydrogen-bond acceptors (Lipinski definition) is 2. The lowest BCUT2D eigenvalue weighted by Crippen LogP contribution is -2.39. The Bertz CT molecular complexity index is 651. The van der Waals surface area contributed by atoms with Gasteiger partial charge in [0.25, 0.3) is 5.91 Å². The average Bonchev–Trinajstić information content (AvgIpc) is 3.47. The Morgan fingerprint density at radius 2 is 2.04 bits per heavy atom. The van der Waals surface area contributed by atoms with E-state index in [2.05, 4.69) is 28.9 Å². The van der Waals surface area contributed by atoms with Crippen molar-refractivity contribution >= 4 is 11.9 Å². The molecule has 2 aliphatic carbocycles. The maximum Gasteiger partial charge on any atom is 0.251 e. The van der Waals surface area contributed by atoms with Crippen LogP contribution in [-0.4, -0.2) is 38.0 Å². The number of benzene rings is 1. The summed E-state index contributed by atoms with van der Waals surface area (Å²) in [6.45, 7) is 3.70. The highest BCUT2D eigenvalue weighted by molar-refractivity contribution is 5.94. The predicted octanol–water partition coefficient (Wildman–Crippen LogP) is 3.11. The fourth-order valence-corrected chi connectivity index (χ4v) is 4.27. The lowest BCUT2D eigenvalue weighted by Gasteiger charge is -2.22. The van der Waals surface area contributed by atoms with E-state index in [1.54, 1.807) is 7.05 Å². The Labute approximate surface area is 163 Å². The number of aliphatic imine (C=N–C) groups is 1. The van der Waals surface area contributed by atoms with Crippen molar-refractivity contribution in [3.63, 3.8) is 0 Å². The van der Waals surface area contributed by atoms with Crippen molar-refractivity contribution in [3.05, 3.63) is 35.4 Å². The van der Waals surface area contributed by atoms with Crippen LogP contribution < -0.4 is 16.0 Å². The first-order chi connectivity index (χ1) is 13.2. The lowest BCUT2D eigenvalue weighted by molar-refractivity contribution is 0.0963. The van der Waals surface area contributed by atoms with Crippen LogP contribution in [0.15, 0.2) is 29.3 Å². The van der Waals surface area contributed by atoms with Crippen molar-refractivity contribution < 1.29 is 4.79 Å². The molecule has 0 spiro atoms. The first-order valence-electron chi connectivity index (χ1n) is 10.6. The van der Waals surface area contributed by atoms with Crippen LogP contribution in [0.25, 0.3) is 0 Å². The van der Waals surface area contributed by atoms with Gasteiger partial charge in [-0.3, -0.25) is 9.79 Å². The van der Waals surface area contributed by atoms with Gasteiger partial charge in [0.05, 0.1) is 0 Å². The summed E-state index contributed by atoms with van der Waals surface area (Å²) < 4.78 is 0. The van der Waals surface area contributed by atoms with Gasteiger partial charge in [0.1, 0.15) is 0 Å². The molecule has 0 aromatic heterocycles. The third-order valence-electron chi connectivity index (χ3n) is 5.85. The van der Waals surface area contributed by atoms with Gasteiger partial charge in [-0.2, -0.15) is 0 Å². The number of rotatable bonds is 7. The summed E-state index contributed by atoms with van der Waals surface area (Å²) in [5.41, 5.74) is 1.85. The molecule has 5 heteroatoms. The third-order valence-corrected chi connectivity index (χ3v) is 5.85. The van der Waals surface area contributed by atoms with Crippen LogP contribution in [0.4, 0.5) is 0 Å². The lowest BCUT2D eigenvalue weighted by atomic mass is 9.85. The molecule has 5 nitrogen and oxygen atoms in total. The minimum atomic E-state index is -0.0437. The molecular weight excluding hydrogens is 336 g/mol. The Hall–Kier alpha value is -2.04. The molecule has 148 valence electrons. The van der Waals surface area contributed by atoms with Gasteiger partial charge in [-0.25, -0.2) is 0 Å². The summed E-state index contributed by atoms with van der Waals surface area (Å²) in [5, 5.41) is 9.69. The van der Waals surface area contributed by atoms with Crippen LogP contribution in [-0.2, 0) is 6.42 Å². The molecule has 1 aromatic carbocycles. The van der Waals surface area contributed by atoms with Crippen LogP contribution >= 0.6 is 0 Å². The summed E-state index contributed by atoms with van der Waals surface area (Å²) in [7, 11) is 1.66. The van der Waals surface area contributed by atoms with Crippen molar-refractivity contribution in [1.29, 1.82) is 0 Å². The molecule has 0 saturated heterocycles. The molecule has 0 radical (unpaired) electrons.